The number of hydrogen-bond donors (Lipinski definition) is 3. The average Bonchev–Trinajstić information content (AvgIpc) is 2.96. The number of nitrogen functional groups attached to an aromatic ring is 1. The van der Waals surface area contributed by atoms with Crippen LogP contribution in [0.2, 0.25) is 0 Å². The summed E-state index contributed by atoms with van der Waals surface area (Å²) in [6.07, 6.45) is 6.40. The van der Waals surface area contributed by atoms with E-state index >= 15 is 0 Å². The van der Waals surface area contributed by atoms with Crippen molar-refractivity contribution in [1.29, 1.82) is 0 Å². The molecule has 4 N–H and O–H groups in total. The van der Waals surface area contributed by atoms with E-state index < -0.39 is 0 Å². The van der Waals surface area contributed by atoms with Gasteiger partial charge in [0.2, 0.25) is 0 Å². The van der Waals surface area contributed by atoms with Gasteiger partial charge in [-0.15, -0.1) is 0 Å². The van der Waals surface area contributed by atoms with Crippen LogP contribution in [0.15, 0.2) is 36.9 Å². The summed E-state index contributed by atoms with van der Waals surface area (Å²) >= 11 is 0. The fraction of sp³-hybridized carbons (Fsp3) is 0.286. The lowest BCUT2D eigenvalue weighted by Crippen LogP contribution is -2.20. The van der Waals surface area contributed by atoms with Gasteiger partial charge in [-0.3, -0.25) is 4.79 Å². The number of benzene rings is 1. The van der Waals surface area contributed by atoms with Crippen molar-refractivity contribution in [2.24, 2.45) is 0 Å². The Bertz CT molecular complexity index is 565. The first-order chi connectivity index (χ1) is 9.70. The molecule has 0 aliphatic heterocycles. The highest BCUT2D eigenvalue weighted by molar-refractivity contribution is 6.00. The van der Waals surface area contributed by atoms with E-state index in [1.54, 1.807) is 37.8 Å². The molecule has 1 heterocycles. The number of nitrogens with one attached hydrogen (secondary N) is 2. The summed E-state index contributed by atoms with van der Waals surface area (Å²) in [5.74, 6) is -0.123. The number of aromatic nitrogens is 2. The van der Waals surface area contributed by atoms with Crippen LogP contribution in [0.25, 0.3) is 0 Å². The van der Waals surface area contributed by atoms with Gasteiger partial charge in [-0.1, -0.05) is 0 Å². The minimum atomic E-state index is -0.123. The third-order valence-electron chi connectivity index (χ3n) is 2.98. The fourth-order valence-corrected chi connectivity index (χ4v) is 1.94. The molecular formula is C14H19N5O. The zero-order chi connectivity index (χ0) is 14.4. The Balaban J connectivity index is 1.94. The second kappa shape index (κ2) is 6.60. The van der Waals surface area contributed by atoms with Gasteiger partial charge in [0.05, 0.1) is 11.9 Å². The summed E-state index contributed by atoms with van der Waals surface area (Å²) in [6, 6.07) is 5.23. The van der Waals surface area contributed by atoms with Crippen LogP contribution in [0.4, 0.5) is 11.4 Å². The largest absolute Gasteiger partial charge is 0.399 e. The van der Waals surface area contributed by atoms with Crippen molar-refractivity contribution in [3.8, 4) is 0 Å². The van der Waals surface area contributed by atoms with Crippen molar-refractivity contribution >= 4 is 17.3 Å². The standard InChI is InChI=1S/C14H19N5O/c1-16-14(20)12-4-3-11(15)9-13(12)18-5-2-7-19-8-6-17-10-19/h3-4,6,8-10,18H,2,5,7,15H2,1H3,(H,16,20). The van der Waals surface area contributed by atoms with Crippen molar-refractivity contribution in [1.82, 2.24) is 14.9 Å². The average molecular weight is 273 g/mol. The molecule has 1 aromatic carbocycles. The zero-order valence-electron chi connectivity index (χ0n) is 11.5. The molecule has 2 aromatic rings. The molecule has 0 aliphatic rings. The smallest absolute Gasteiger partial charge is 0.253 e. The second-order valence-electron chi connectivity index (χ2n) is 4.46. The molecule has 1 amide bonds. The van der Waals surface area contributed by atoms with Crippen LogP contribution in [0.5, 0.6) is 0 Å². The lowest BCUT2D eigenvalue weighted by Gasteiger charge is -2.12. The summed E-state index contributed by atoms with van der Waals surface area (Å²) < 4.78 is 2.01. The van der Waals surface area contributed by atoms with Gasteiger partial charge in [0.15, 0.2) is 0 Å². The molecule has 0 fully saturated rings. The molecule has 106 valence electrons. The van der Waals surface area contributed by atoms with E-state index in [-0.39, 0.29) is 5.91 Å². The van der Waals surface area contributed by atoms with E-state index in [4.69, 9.17) is 5.73 Å². The molecule has 0 atom stereocenters. The number of imidazole rings is 1. The molecule has 0 radical (unpaired) electrons. The topological polar surface area (TPSA) is 85.0 Å². The SMILES string of the molecule is CNC(=O)c1ccc(N)cc1NCCCn1ccnc1. The number of carbonyl (C=O) groups is 1. The van der Waals surface area contributed by atoms with Gasteiger partial charge in [-0.2, -0.15) is 0 Å². The van der Waals surface area contributed by atoms with E-state index in [0.717, 1.165) is 25.2 Å². The number of hydrogen-bond acceptors (Lipinski definition) is 4. The molecule has 0 spiro atoms. The molecule has 1 aromatic heterocycles. The number of nitrogens with zero attached hydrogens (tertiary/aromatic N) is 2. The molecule has 0 unspecified atom stereocenters. The minimum Gasteiger partial charge on any atom is -0.399 e. The Kier molecular flexibility index (Phi) is 4.60. The monoisotopic (exact) mass is 273 g/mol. The van der Waals surface area contributed by atoms with Crippen LogP contribution >= 0.6 is 0 Å². The number of carbonyl (C=O) groups excluding carboxylic acids is 1. The van der Waals surface area contributed by atoms with Crippen molar-refractivity contribution in [3.05, 3.63) is 42.5 Å². The number of anilines is 2. The van der Waals surface area contributed by atoms with Crippen LogP contribution in [0.3, 0.4) is 0 Å². The molecule has 2 rings (SSSR count). The maximum absolute atomic E-state index is 11.8. The third-order valence-corrected chi connectivity index (χ3v) is 2.98. The van der Waals surface area contributed by atoms with Crippen LogP contribution < -0.4 is 16.4 Å². The van der Waals surface area contributed by atoms with Crippen molar-refractivity contribution < 1.29 is 4.79 Å². The van der Waals surface area contributed by atoms with Gasteiger partial charge < -0.3 is 20.9 Å². The fourth-order valence-electron chi connectivity index (χ4n) is 1.94. The number of nitrogens with two attached hydrogens (primary N) is 1. The van der Waals surface area contributed by atoms with Crippen LogP contribution in [0, 0.1) is 0 Å². The minimum absolute atomic E-state index is 0.123. The van der Waals surface area contributed by atoms with E-state index in [2.05, 4.69) is 15.6 Å². The highest BCUT2D eigenvalue weighted by Gasteiger charge is 2.09. The first-order valence-corrected chi connectivity index (χ1v) is 6.52. The normalized spacial score (nSPS) is 10.2. The van der Waals surface area contributed by atoms with Crippen molar-refractivity contribution in [2.45, 2.75) is 13.0 Å². The summed E-state index contributed by atoms with van der Waals surface area (Å²) in [6.45, 7) is 1.64. The van der Waals surface area contributed by atoms with Gasteiger partial charge in [0.25, 0.3) is 5.91 Å². The summed E-state index contributed by atoms with van der Waals surface area (Å²) in [5, 5.41) is 5.88. The highest BCUT2D eigenvalue weighted by atomic mass is 16.1. The molecule has 0 bridgehead atoms. The third kappa shape index (κ3) is 3.50. The Morgan fingerprint density at radius 2 is 2.30 bits per heavy atom. The van der Waals surface area contributed by atoms with E-state index in [0.29, 0.717) is 11.3 Å². The number of rotatable bonds is 6. The van der Waals surface area contributed by atoms with E-state index in [9.17, 15) is 4.79 Å². The number of aryl methyl sites for hydroxylation is 1. The number of amides is 1. The van der Waals surface area contributed by atoms with Gasteiger partial charge >= 0.3 is 0 Å². The van der Waals surface area contributed by atoms with Crippen LogP contribution in [0.1, 0.15) is 16.8 Å². The molecule has 20 heavy (non-hydrogen) atoms. The van der Waals surface area contributed by atoms with E-state index in [1.165, 1.54) is 0 Å². The lowest BCUT2D eigenvalue weighted by atomic mass is 10.1. The molecular weight excluding hydrogens is 254 g/mol. The van der Waals surface area contributed by atoms with Gasteiger partial charge in [0, 0.05) is 43.9 Å². The van der Waals surface area contributed by atoms with Crippen molar-refractivity contribution in [2.75, 3.05) is 24.6 Å². The predicted molar refractivity (Wildman–Crippen MR) is 79.6 cm³/mol. The molecule has 6 heteroatoms. The molecule has 0 saturated carbocycles. The molecule has 0 aliphatic carbocycles. The lowest BCUT2D eigenvalue weighted by molar-refractivity contribution is 0.0964. The Labute approximate surface area is 118 Å². The zero-order valence-corrected chi connectivity index (χ0v) is 11.5. The van der Waals surface area contributed by atoms with Crippen LogP contribution in [-0.4, -0.2) is 29.1 Å². The van der Waals surface area contributed by atoms with E-state index in [1.807, 2.05) is 10.8 Å². The Morgan fingerprint density at radius 1 is 1.45 bits per heavy atom. The predicted octanol–water partition coefficient (Wildman–Crippen LogP) is 1.33. The first-order valence-electron chi connectivity index (χ1n) is 6.52. The Morgan fingerprint density at radius 3 is 3.00 bits per heavy atom. The van der Waals surface area contributed by atoms with Gasteiger partial charge in [-0.25, -0.2) is 4.98 Å². The maximum atomic E-state index is 11.8. The van der Waals surface area contributed by atoms with Gasteiger partial charge in [-0.05, 0) is 24.6 Å². The maximum Gasteiger partial charge on any atom is 0.253 e. The Hall–Kier alpha value is -2.50. The quantitative estimate of drug-likeness (QED) is 0.547. The van der Waals surface area contributed by atoms with Crippen molar-refractivity contribution in [3.63, 3.8) is 0 Å². The highest BCUT2D eigenvalue weighted by Crippen LogP contribution is 2.19. The van der Waals surface area contributed by atoms with Crippen LogP contribution in [-0.2, 0) is 6.54 Å². The second-order valence-corrected chi connectivity index (χ2v) is 4.46. The van der Waals surface area contributed by atoms with Gasteiger partial charge in [0.1, 0.15) is 0 Å². The molecule has 0 saturated heterocycles. The molecule has 6 nitrogen and oxygen atoms in total. The summed E-state index contributed by atoms with van der Waals surface area (Å²) in [7, 11) is 1.61. The summed E-state index contributed by atoms with van der Waals surface area (Å²) in [4.78, 5) is 15.8. The summed E-state index contributed by atoms with van der Waals surface area (Å²) in [5.41, 5.74) is 7.76. The first kappa shape index (κ1) is 13.9.